The van der Waals surface area contributed by atoms with E-state index in [-0.39, 0.29) is 0 Å². The molecule has 0 aromatic rings. The monoisotopic (exact) mass is 131 g/mol. The van der Waals surface area contributed by atoms with Crippen molar-refractivity contribution in [3.8, 4) is 0 Å². The molecular formula is C6H14NP. The lowest BCUT2D eigenvalue weighted by molar-refractivity contribution is 0.553. The Morgan fingerprint density at radius 3 is 2.75 bits per heavy atom. The molecule has 0 heterocycles. The topological polar surface area (TPSA) is 12.0 Å². The first-order valence-corrected chi connectivity index (χ1v) is 3.61. The van der Waals surface area contributed by atoms with Crippen molar-refractivity contribution in [2.75, 3.05) is 6.54 Å². The average molecular weight is 131 g/mol. The summed E-state index contributed by atoms with van der Waals surface area (Å²) in [7, 11) is 3.21. The van der Waals surface area contributed by atoms with E-state index in [1.165, 1.54) is 6.42 Å². The van der Waals surface area contributed by atoms with Crippen molar-refractivity contribution < 1.29 is 0 Å². The minimum atomic E-state index is 0.780. The number of rotatable bonds is 4. The SMILES string of the molecule is CCC(C)CNC=P. The molecule has 0 radical (unpaired) electrons. The van der Waals surface area contributed by atoms with E-state index in [0.29, 0.717) is 0 Å². The summed E-state index contributed by atoms with van der Waals surface area (Å²) in [5, 5.41) is 3.09. The molecule has 0 saturated carbocycles. The maximum absolute atomic E-state index is 3.21. The summed E-state index contributed by atoms with van der Waals surface area (Å²) in [5.74, 6) is 2.58. The fraction of sp³-hybridized carbons (Fsp3) is 0.833. The van der Waals surface area contributed by atoms with Gasteiger partial charge in [-0.15, -0.1) is 8.86 Å². The minimum absolute atomic E-state index is 0.780. The lowest BCUT2D eigenvalue weighted by Crippen LogP contribution is -2.17. The normalized spacial score (nSPS) is 13.2. The van der Waals surface area contributed by atoms with Gasteiger partial charge in [0.05, 0.1) is 0 Å². The van der Waals surface area contributed by atoms with Crippen LogP contribution in [0.2, 0.25) is 0 Å². The van der Waals surface area contributed by atoms with Gasteiger partial charge in [-0.3, -0.25) is 5.32 Å². The van der Waals surface area contributed by atoms with Gasteiger partial charge in [0.2, 0.25) is 0 Å². The molecule has 1 N–H and O–H groups in total. The molecule has 2 heteroatoms. The fourth-order valence-corrected chi connectivity index (χ4v) is 0.522. The largest absolute Gasteiger partial charge is 0.291 e. The Morgan fingerprint density at radius 1 is 1.75 bits per heavy atom. The molecule has 0 aromatic heterocycles. The maximum atomic E-state index is 3.21. The quantitative estimate of drug-likeness (QED) is 0.570. The molecule has 0 aliphatic heterocycles. The second kappa shape index (κ2) is 5.27. The van der Waals surface area contributed by atoms with Gasteiger partial charge in [0, 0.05) is 6.54 Å². The number of hydrogen-bond acceptors (Lipinski definition) is 0. The fourth-order valence-electron chi connectivity index (χ4n) is 0.404. The Morgan fingerprint density at radius 2 is 2.38 bits per heavy atom. The van der Waals surface area contributed by atoms with Gasteiger partial charge in [-0.1, -0.05) is 20.3 Å². The zero-order chi connectivity index (χ0) is 6.41. The first-order chi connectivity index (χ1) is 3.81. The van der Waals surface area contributed by atoms with E-state index < -0.39 is 0 Å². The summed E-state index contributed by atoms with van der Waals surface area (Å²) in [5.41, 5.74) is 0. The molecule has 0 aliphatic carbocycles. The second-order valence-corrected chi connectivity index (χ2v) is 2.35. The van der Waals surface area contributed by atoms with Gasteiger partial charge in [-0.2, -0.15) is 0 Å². The third-order valence-corrected chi connectivity index (χ3v) is 1.47. The standard InChI is InChI=1S/C6H14NP/c1-3-6(2)4-7-5-8/h5-8H,3-4H2,1-2H3. The predicted molar refractivity (Wildman–Crippen MR) is 41.8 cm³/mol. The van der Waals surface area contributed by atoms with Crippen molar-refractivity contribution >= 4 is 14.8 Å². The molecule has 1 unspecified atom stereocenters. The Labute approximate surface area is 53.7 Å². The second-order valence-electron chi connectivity index (χ2n) is 2.07. The zero-order valence-corrected chi connectivity index (χ0v) is 6.57. The summed E-state index contributed by atoms with van der Waals surface area (Å²) in [4.78, 5) is 0. The minimum Gasteiger partial charge on any atom is -0.291 e. The van der Waals surface area contributed by atoms with Crippen molar-refractivity contribution in [2.45, 2.75) is 20.3 Å². The Bertz CT molecular complexity index is 63.5. The summed E-state index contributed by atoms with van der Waals surface area (Å²) in [6.07, 6.45) is 1.24. The molecule has 0 rings (SSSR count). The van der Waals surface area contributed by atoms with Crippen LogP contribution in [-0.4, -0.2) is 12.5 Å². The summed E-state index contributed by atoms with van der Waals surface area (Å²) < 4.78 is 0. The average Bonchev–Trinajstić information content (AvgIpc) is 1.83. The molecule has 0 spiro atoms. The highest BCUT2D eigenvalue weighted by atomic mass is 31.0. The van der Waals surface area contributed by atoms with Crippen LogP contribution < -0.4 is 5.32 Å². The van der Waals surface area contributed by atoms with Gasteiger partial charge in [-0.05, 0) is 11.8 Å². The van der Waals surface area contributed by atoms with Crippen LogP contribution >= 0.6 is 8.86 Å². The van der Waals surface area contributed by atoms with Crippen LogP contribution in [0, 0.1) is 5.92 Å². The first-order valence-electron chi connectivity index (χ1n) is 3.03. The highest BCUT2D eigenvalue weighted by molar-refractivity contribution is 7.18. The van der Waals surface area contributed by atoms with Gasteiger partial charge in [0.15, 0.2) is 0 Å². The third kappa shape index (κ3) is 4.29. The Kier molecular flexibility index (Phi) is 5.36. The van der Waals surface area contributed by atoms with Crippen molar-refractivity contribution in [3.05, 3.63) is 0 Å². The van der Waals surface area contributed by atoms with Crippen molar-refractivity contribution in [1.82, 2.24) is 5.32 Å². The van der Waals surface area contributed by atoms with E-state index in [1.54, 1.807) is 5.92 Å². The van der Waals surface area contributed by atoms with E-state index in [4.69, 9.17) is 0 Å². The molecule has 0 aliphatic rings. The van der Waals surface area contributed by atoms with Gasteiger partial charge in [0.25, 0.3) is 0 Å². The molecule has 8 heavy (non-hydrogen) atoms. The number of hydrogen-bond donors (Lipinski definition) is 1. The Balaban J connectivity index is 2.97. The summed E-state index contributed by atoms with van der Waals surface area (Å²) >= 11 is 0. The van der Waals surface area contributed by atoms with E-state index in [9.17, 15) is 0 Å². The first kappa shape index (κ1) is 8.13. The van der Waals surface area contributed by atoms with Crippen LogP contribution in [0.3, 0.4) is 0 Å². The van der Waals surface area contributed by atoms with Gasteiger partial charge in [0.1, 0.15) is 0 Å². The molecule has 1 atom stereocenters. The van der Waals surface area contributed by atoms with E-state index >= 15 is 0 Å². The lowest BCUT2D eigenvalue weighted by atomic mass is 10.1. The number of nitrogens with one attached hydrogen (secondary N) is 1. The van der Waals surface area contributed by atoms with Crippen LogP contribution in [0.1, 0.15) is 20.3 Å². The van der Waals surface area contributed by atoms with Gasteiger partial charge >= 0.3 is 0 Å². The smallest absolute Gasteiger partial charge is 0.00223 e. The highest BCUT2D eigenvalue weighted by Crippen LogP contribution is 1.95. The van der Waals surface area contributed by atoms with Crippen LogP contribution in [-0.2, 0) is 0 Å². The molecular weight excluding hydrogens is 117 g/mol. The Hall–Kier alpha value is 0.130. The van der Waals surface area contributed by atoms with Crippen LogP contribution in [0.25, 0.3) is 0 Å². The molecule has 0 fully saturated rings. The van der Waals surface area contributed by atoms with E-state index in [0.717, 1.165) is 12.5 Å². The molecule has 48 valence electrons. The van der Waals surface area contributed by atoms with Crippen LogP contribution in [0.5, 0.6) is 0 Å². The van der Waals surface area contributed by atoms with Gasteiger partial charge < -0.3 is 0 Å². The summed E-state index contributed by atoms with van der Waals surface area (Å²) in [6.45, 7) is 5.49. The van der Waals surface area contributed by atoms with E-state index in [2.05, 4.69) is 28.0 Å². The highest BCUT2D eigenvalue weighted by Gasteiger charge is 1.92. The van der Waals surface area contributed by atoms with Crippen LogP contribution in [0.15, 0.2) is 0 Å². The zero-order valence-electron chi connectivity index (χ0n) is 5.57. The lowest BCUT2D eigenvalue weighted by Gasteiger charge is -2.04. The maximum Gasteiger partial charge on any atom is 0.00223 e. The molecule has 0 bridgehead atoms. The van der Waals surface area contributed by atoms with E-state index in [1.807, 2.05) is 0 Å². The van der Waals surface area contributed by atoms with Gasteiger partial charge in [-0.25, -0.2) is 0 Å². The van der Waals surface area contributed by atoms with Crippen molar-refractivity contribution in [3.63, 3.8) is 0 Å². The van der Waals surface area contributed by atoms with Crippen molar-refractivity contribution in [2.24, 2.45) is 5.92 Å². The molecule has 0 saturated heterocycles. The summed E-state index contributed by atoms with van der Waals surface area (Å²) in [6, 6.07) is 0. The predicted octanol–water partition coefficient (Wildman–Crippen LogP) is 1.52. The molecule has 0 amide bonds. The molecule has 1 nitrogen and oxygen atoms in total. The van der Waals surface area contributed by atoms with Crippen molar-refractivity contribution in [1.29, 1.82) is 0 Å². The third-order valence-electron chi connectivity index (χ3n) is 1.27. The van der Waals surface area contributed by atoms with Crippen LogP contribution in [0.4, 0.5) is 0 Å². The molecule has 0 aromatic carbocycles.